The molecule has 144 valence electrons. The summed E-state index contributed by atoms with van der Waals surface area (Å²) in [6.07, 6.45) is 1.75. The van der Waals surface area contributed by atoms with Gasteiger partial charge in [-0.15, -0.1) is 0 Å². The van der Waals surface area contributed by atoms with Crippen molar-refractivity contribution in [1.82, 2.24) is 10.2 Å². The first kappa shape index (κ1) is 19.4. The predicted molar refractivity (Wildman–Crippen MR) is 106 cm³/mol. The Morgan fingerprint density at radius 1 is 1.22 bits per heavy atom. The van der Waals surface area contributed by atoms with E-state index in [0.29, 0.717) is 19.7 Å². The van der Waals surface area contributed by atoms with E-state index in [2.05, 4.69) is 35.6 Å². The van der Waals surface area contributed by atoms with Crippen molar-refractivity contribution in [3.05, 3.63) is 48.0 Å². The van der Waals surface area contributed by atoms with Crippen molar-refractivity contribution in [2.24, 2.45) is 5.92 Å². The minimum absolute atomic E-state index is 0.0137. The van der Waals surface area contributed by atoms with Gasteiger partial charge in [0.1, 0.15) is 0 Å². The highest BCUT2D eigenvalue weighted by atomic mass is 16.5. The monoisotopic (exact) mass is 368 g/mol. The third-order valence-corrected chi connectivity index (χ3v) is 5.14. The number of esters is 1. The number of carbonyl (C=O) groups excluding carboxylic acids is 2. The molecule has 1 heterocycles. The summed E-state index contributed by atoms with van der Waals surface area (Å²) in [4.78, 5) is 26.5. The molecular formula is C22H28N2O3. The van der Waals surface area contributed by atoms with Crippen LogP contribution in [0.4, 0.5) is 0 Å². The van der Waals surface area contributed by atoms with E-state index in [9.17, 15) is 9.59 Å². The maximum Gasteiger partial charge on any atom is 0.310 e. The van der Waals surface area contributed by atoms with Crippen LogP contribution in [0.5, 0.6) is 0 Å². The molecule has 2 aromatic carbocycles. The number of nitrogens with one attached hydrogen (secondary N) is 1. The van der Waals surface area contributed by atoms with Crippen molar-refractivity contribution in [3.8, 4) is 0 Å². The molecule has 3 rings (SSSR count). The molecule has 0 spiro atoms. The molecule has 5 nitrogen and oxygen atoms in total. The zero-order chi connectivity index (χ0) is 19.2. The molecule has 0 saturated carbocycles. The smallest absolute Gasteiger partial charge is 0.310 e. The zero-order valence-corrected chi connectivity index (χ0v) is 16.1. The average Bonchev–Trinajstić information content (AvgIpc) is 2.68. The van der Waals surface area contributed by atoms with E-state index in [4.69, 9.17) is 4.74 Å². The predicted octanol–water partition coefficient (Wildman–Crippen LogP) is 3.29. The number of piperidine rings is 1. The van der Waals surface area contributed by atoms with Crippen molar-refractivity contribution in [3.63, 3.8) is 0 Å². The Balaban J connectivity index is 1.55. The summed E-state index contributed by atoms with van der Waals surface area (Å²) in [5, 5.41) is 5.44. The van der Waals surface area contributed by atoms with Gasteiger partial charge in [-0.3, -0.25) is 14.5 Å². The fourth-order valence-electron chi connectivity index (χ4n) is 3.70. The molecule has 1 amide bonds. The van der Waals surface area contributed by atoms with Gasteiger partial charge in [0.05, 0.1) is 25.1 Å². The van der Waals surface area contributed by atoms with Gasteiger partial charge in [0.15, 0.2) is 0 Å². The molecule has 27 heavy (non-hydrogen) atoms. The van der Waals surface area contributed by atoms with Gasteiger partial charge in [-0.05, 0) is 55.6 Å². The SMILES string of the molecule is CCOC(=O)C1CCCN(CC(=O)NC(C)c2ccc3ccccc3c2)C1. The second-order valence-electron chi connectivity index (χ2n) is 7.22. The topological polar surface area (TPSA) is 58.6 Å². The number of hydrogen-bond acceptors (Lipinski definition) is 4. The molecule has 1 aliphatic heterocycles. The van der Waals surface area contributed by atoms with Gasteiger partial charge in [0, 0.05) is 6.54 Å². The lowest BCUT2D eigenvalue weighted by Crippen LogP contribution is -2.45. The Labute approximate surface area is 160 Å². The third kappa shape index (κ3) is 5.07. The van der Waals surface area contributed by atoms with Crippen LogP contribution < -0.4 is 5.32 Å². The van der Waals surface area contributed by atoms with Gasteiger partial charge in [0.25, 0.3) is 0 Å². The van der Waals surface area contributed by atoms with Gasteiger partial charge >= 0.3 is 5.97 Å². The van der Waals surface area contributed by atoms with E-state index < -0.39 is 0 Å². The summed E-state index contributed by atoms with van der Waals surface area (Å²) >= 11 is 0. The first-order valence-electron chi connectivity index (χ1n) is 9.74. The second-order valence-corrected chi connectivity index (χ2v) is 7.22. The fourth-order valence-corrected chi connectivity index (χ4v) is 3.70. The Hall–Kier alpha value is -2.40. The molecule has 2 aromatic rings. The average molecular weight is 368 g/mol. The lowest BCUT2D eigenvalue weighted by molar-refractivity contribution is -0.150. The molecular weight excluding hydrogens is 340 g/mol. The summed E-state index contributed by atoms with van der Waals surface area (Å²) in [6.45, 7) is 5.97. The number of ether oxygens (including phenoxy) is 1. The standard InChI is InChI=1S/C22H28N2O3/c1-3-27-22(26)20-9-6-12-24(14-20)15-21(25)23-16(2)18-11-10-17-7-4-5-8-19(17)13-18/h4-5,7-8,10-11,13,16,20H,3,6,9,12,14-15H2,1-2H3,(H,23,25). The maximum absolute atomic E-state index is 12.5. The lowest BCUT2D eigenvalue weighted by Gasteiger charge is -2.31. The van der Waals surface area contributed by atoms with Crippen LogP contribution in [0.25, 0.3) is 10.8 Å². The van der Waals surface area contributed by atoms with Crippen LogP contribution in [-0.4, -0.2) is 43.0 Å². The van der Waals surface area contributed by atoms with Crippen LogP contribution in [0.3, 0.4) is 0 Å². The summed E-state index contributed by atoms with van der Waals surface area (Å²) in [7, 11) is 0. The van der Waals surface area contributed by atoms with E-state index in [1.165, 1.54) is 10.8 Å². The normalized spacial score (nSPS) is 18.8. The van der Waals surface area contributed by atoms with Crippen LogP contribution in [0.1, 0.15) is 38.3 Å². The van der Waals surface area contributed by atoms with E-state index in [0.717, 1.165) is 24.9 Å². The van der Waals surface area contributed by atoms with Gasteiger partial charge in [-0.25, -0.2) is 0 Å². The minimum Gasteiger partial charge on any atom is -0.466 e. The molecule has 0 aliphatic carbocycles. The fraction of sp³-hybridized carbons (Fsp3) is 0.455. The maximum atomic E-state index is 12.5. The van der Waals surface area contributed by atoms with Gasteiger partial charge in [-0.2, -0.15) is 0 Å². The number of amides is 1. The highest BCUT2D eigenvalue weighted by molar-refractivity contribution is 5.83. The zero-order valence-electron chi connectivity index (χ0n) is 16.1. The van der Waals surface area contributed by atoms with Gasteiger partial charge in [-0.1, -0.05) is 36.4 Å². The highest BCUT2D eigenvalue weighted by Crippen LogP contribution is 2.21. The van der Waals surface area contributed by atoms with Crippen molar-refractivity contribution in [1.29, 1.82) is 0 Å². The molecule has 2 atom stereocenters. The van der Waals surface area contributed by atoms with Crippen molar-refractivity contribution >= 4 is 22.6 Å². The quantitative estimate of drug-likeness (QED) is 0.795. The number of benzene rings is 2. The number of rotatable bonds is 6. The van der Waals surface area contributed by atoms with Crippen LogP contribution in [-0.2, 0) is 14.3 Å². The van der Waals surface area contributed by atoms with Crippen molar-refractivity contribution in [2.45, 2.75) is 32.7 Å². The van der Waals surface area contributed by atoms with E-state index in [1.807, 2.05) is 30.9 Å². The lowest BCUT2D eigenvalue weighted by atomic mass is 9.98. The van der Waals surface area contributed by atoms with Crippen LogP contribution in [0.15, 0.2) is 42.5 Å². The molecule has 1 fully saturated rings. The van der Waals surface area contributed by atoms with Gasteiger partial charge < -0.3 is 10.1 Å². The van der Waals surface area contributed by atoms with E-state index in [1.54, 1.807) is 0 Å². The van der Waals surface area contributed by atoms with Gasteiger partial charge in [0.2, 0.25) is 5.91 Å². The number of fused-ring (bicyclic) bond motifs is 1. The van der Waals surface area contributed by atoms with E-state index in [-0.39, 0.29) is 23.8 Å². The summed E-state index contributed by atoms with van der Waals surface area (Å²) in [5.41, 5.74) is 1.09. The summed E-state index contributed by atoms with van der Waals surface area (Å²) in [6, 6.07) is 14.4. The van der Waals surface area contributed by atoms with Crippen LogP contribution in [0, 0.1) is 5.92 Å². The molecule has 5 heteroatoms. The number of hydrogen-bond donors (Lipinski definition) is 1. The third-order valence-electron chi connectivity index (χ3n) is 5.14. The summed E-state index contributed by atoms with van der Waals surface area (Å²) in [5.74, 6) is -0.281. The molecule has 1 aliphatic rings. The largest absolute Gasteiger partial charge is 0.466 e. The van der Waals surface area contributed by atoms with Crippen LogP contribution in [0.2, 0.25) is 0 Å². The number of carbonyl (C=O) groups is 2. The number of likely N-dealkylation sites (tertiary alicyclic amines) is 1. The van der Waals surface area contributed by atoms with Crippen LogP contribution >= 0.6 is 0 Å². The Bertz CT molecular complexity index is 805. The number of nitrogens with zero attached hydrogens (tertiary/aromatic N) is 1. The summed E-state index contributed by atoms with van der Waals surface area (Å²) < 4.78 is 5.13. The minimum atomic E-state index is -0.146. The molecule has 0 bridgehead atoms. The second kappa shape index (κ2) is 9.00. The molecule has 1 N–H and O–H groups in total. The van der Waals surface area contributed by atoms with Crippen molar-refractivity contribution in [2.75, 3.05) is 26.2 Å². The van der Waals surface area contributed by atoms with E-state index >= 15 is 0 Å². The molecule has 0 radical (unpaired) electrons. The molecule has 2 unspecified atom stereocenters. The Kier molecular flexibility index (Phi) is 6.45. The first-order valence-corrected chi connectivity index (χ1v) is 9.74. The molecule has 1 saturated heterocycles. The van der Waals surface area contributed by atoms with Crippen molar-refractivity contribution < 1.29 is 14.3 Å². The Morgan fingerprint density at radius 2 is 2.00 bits per heavy atom. The Morgan fingerprint density at radius 3 is 2.78 bits per heavy atom. The first-order chi connectivity index (χ1) is 13.1. The highest BCUT2D eigenvalue weighted by Gasteiger charge is 2.27. The molecule has 0 aromatic heterocycles.